The lowest BCUT2D eigenvalue weighted by atomic mass is 10.2. The fourth-order valence-electron chi connectivity index (χ4n) is 2.03. The largest absolute Gasteiger partial charge is 0.508 e. The lowest BCUT2D eigenvalue weighted by Crippen LogP contribution is -1.97. The van der Waals surface area contributed by atoms with Gasteiger partial charge < -0.3 is 10.4 Å². The monoisotopic (exact) mass is 321 g/mol. The highest BCUT2D eigenvalue weighted by Crippen LogP contribution is 2.31. The Morgan fingerprint density at radius 3 is 2.57 bits per heavy atom. The second-order valence-electron chi connectivity index (χ2n) is 4.58. The molecule has 1 aromatic carbocycles. The molecule has 0 fully saturated rings. The molecule has 3 rings (SSSR count). The van der Waals surface area contributed by atoms with Crippen molar-refractivity contribution >= 4 is 45.5 Å². The highest BCUT2D eigenvalue weighted by atomic mass is 35.5. The minimum absolute atomic E-state index is 0. The molecule has 0 amide bonds. The molecule has 21 heavy (non-hydrogen) atoms. The van der Waals surface area contributed by atoms with Crippen molar-refractivity contribution in [2.75, 3.05) is 5.32 Å². The summed E-state index contributed by atoms with van der Waals surface area (Å²) in [6.45, 7) is 4.03. The van der Waals surface area contributed by atoms with E-state index in [1.807, 2.05) is 19.1 Å². The van der Waals surface area contributed by atoms with Gasteiger partial charge in [-0.25, -0.2) is 9.97 Å². The van der Waals surface area contributed by atoms with E-state index >= 15 is 0 Å². The molecule has 0 saturated heterocycles. The smallest absolute Gasteiger partial charge is 0.142 e. The maximum Gasteiger partial charge on any atom is 0.142 e. The van der Waals surface area contributed by atoms with Crippen molar-refractivity contribution in [1.29, 1.82) is 0 Å². The molecule has 2 N–H and O–H groups in total. The maximum atomic E-state index is 9.32. The third-order valence-electron chi connectivity index (χ3n) is 3.03. The molecule has 2 heterocycles. The number of nitrogens with zero attached hydrogens (tertiary/aromatic N) is 2. The predicted molar refractivity (Wildman–Crippen MR) is 90.2 cm³/mol. The predicted octanol–water partition coefficient (Wildman–Crippen LogP) is 4.43. The van der Waals surface area contributed by atoms with Crippen molar-refractivity contribution in [2.24, 2.45) is 0 Å². The van der Waals surface area contributed by atoms with Crippen molar-refractivity contribution in [3.63, 3.8) is 0 Å². The van der Waals surface area contributed by atoms with Crippen LogP contribution in [0.3, 0.4) is 0 Å². The summed E-state index contributed by atoms with van der Waals surface area (Å²) in [6.07, 6.45) is 0.999. The van der Waals surface area contributed by atoms with Gasteiger partial charge in [-0.05, 0) is 43.7 Å². The Bertz CT molecular complexity index is 755. The van der Waals surface area contributed by atoms with Crippen molar-refractivity contribution in [3.8, 4) is 5.75 Å². The Kier molecular flexibility index (Phi) is 4.65. The number of fused-ring (bicyclic) bond motifs is 1. The number of hydrogen-bond donors (Lipinski definition) is 2. The molecule has 3 aromatic rings. The number of benzene rings is 1. The summed E-state index contributed by atoms with van der Waals surface area (Å²) in [4.78, 5) is 11.3. The van der Waals surface area contributed by atoms with Gasteiger partial charge >= 0.3 is 0 Å². The zero-order valence-electron chi connectivity index (χ0n) is 11.8. The fraction of sp³-hybridized carbons (Fsp3) is 0.200. The average Bonchev–Trinajstić information content (AvgIpc) is 2.84. The molecule has 0 spiro atoms. The van der Waals surface area contributed by atoms with Crippen LogP contribution in [0.25, 0.3) is 10.2 Å². The van der Waals surface area contributed by atoms with Gasteiger partial charge in [0, 0.05) is 10.6 Å². The van der Waals surface area contributed by atoms with E-state index in [4.69, 9.17) is 0 Å². The molecule has 0 aliphatic carbocycles. The molecule has 0 unspecified atom stereocenters. The van der Waals surface area contributed by atoms with E-state index in [-0.39, 0.29) is 18.2 Å². The van der Waals surface area contributed by atoms with Crippen molar-refractivity contribution in [1.82, 2.24) is 9.97 Å². The normalized spacial score (nSPS) is 10.4. The minimum atomic E-state index is 0. The minimum Gasteiger partial charge on any atom is -0.508 e. The fourth-order valence-corrected chi connectivity index (χ4v) is 3.04. The Morgan fingerprint density at radius 2 is 1.90 bits per heavy atom. The van der Waals surface area contributed by atoms with Gasteiger partial charge in [-0.2, -0.15) is 0 Å². The standard InChI is InChI=1S/C15H15N3OS.ClH/c1-3-12-8-13-14(16-9(2)17-15(13)20-12)18-10-4-6-11(19)7-5-10;/h4-8,19H,3H2,1-2H3,(H,16,17,18);1H. The Labute approximate surface area is 133 Å². The summed E-state index contributed by atoms with van der Waals surface area (Å²) in [5.74, 6) is 1.82. The first-order valence-corrected chi connectivity index (χ1v) is 7.30. The maximum absolute atomic E-state index is 9.32. The number of thiophene rings is 1. The van der Waals surface area contributed by atoms with Crippen molar-refractivity contribution in [2.45, 2.75) is 20.3 Å². The van der Waals surface area contributed by atoms with Crippen molar-refractivity contribution < 1.29 is 5.11 Å². The number of nitrogens with one attached hydrogen (secondary N) is 1. The summed E-state index contributed by atoms with van der Waals surface area (Å²) in [5, 5.41) is 13.7. The van der Waals surface area contributed by atoms with E-state index < -0.39 is 0 Å². The molecule has 0 aliphatic heterocycles. The number of aryl methyl sites for hydroxylation is 2. The van der Waals surface area contributed by atoms with E-state index in [2.05, 4.69) is 28.3 Å². The van der Waals surface area contributed by atoms with E-state index in [0.717, 1.165) is 34.0 Å². The Hall–Kier alpha value is -1.85. The molecule has 110 valence electrons. The molecule has 0 bridgehead atoms. The second-order valence-corrected chi connectivity index (χ2v) is 5.69. The summed E-state index contributed by atoms with van der Waals surface area (Å²) in [7, 11) is 0. The second kappa shape index (κ2) is 6.28. The van der Waals surface area contributed by atoms with Gasteiger partial charge in [0.1, 0.15) is 22.2 Å². The molecule has 0 saturated carbocycles. The van der Waals surface area contributed by atoms with Crippen LogP contribution in [0.1, 0.15) is 17.6 Å². The van der Waals surface area contributed by atoms with Crippen LogP contribution in [-0.4, -0.2) is 15.1 Å². The first-order valence-electron chi connectivity index (χ1n) is 6.49. The zero-order chi connectivity index (χ0) is 14.1. The SMILES string of the molecule is CCc1cc2c(Nc3ccc(O)cc3)nc(C)nc2s1.Cl. The van der Waals surface area contributed by atoms with Gasteiger partial charge in [-0.15, -0.1) is 23.7 Å². The van der Waals surface area contributed by atoms with E-state index in [1.165, 1.54) is 4.88 Å². The van der Waals surface area contributed by atoms with Gasteiger partial charge in [0.2, 0.25) is 0 Å². The van der Waals surface area contributed by atoms with Crippen LogP contribution in [0.5, 0.6) is 5.75 Å². The van der Waals surface area contributed by atoms with Gasteiger partial charge in [-0.3, -0.25) is 0 Å². The quantitative estimate of drug-likeness (QED) is 0.700. The number of halogens is 1. The number of phenolic OH excluding ortho intramolecular Hbond substituents is 1. The Balaban J connectivity index is 0.00000161. The molecule has 0 atom stereocenters. The third-order valence-corrected chi connectivity index (χ3v) is 4.21. The van der Waals surface area contributed by atoms with Gasteiger partial charge in [0.05, 0.1) is 5.39 Å². The number of aromatic hydroxyl groups is 1. The molecule has 0 radical (unpaired) electrons. The summed E-state index contributed by atoms with van der Waals surface area (Å²) < 4.78 is 0. The summed E-state index contributed by atoms with van der Waals surface area (Å²) in [6, 6.07) is 9.09. The van der Waals surface area contributed by atoms with Crippen LogP contribution in [0.4, 0.5) is 11.5 Å². The van der Waals surface area contributed by atoms with Crippen LogP contribution in [0.2, 0.25) is 0 Å². The number of rotatable bonds is 3. The van der Waals surface area contributed by atoms with Crippen LogP contribution < -0.4 is 5.32 Å². The van der Waals surface area contributed by atoms with E-state index in [1.54, 1.807) is 23.5 Å². The molecular formula is C15H16ClN3OS. The average molecular weight is 322 g/mol. The molecule has 2 aromatic heterocycles. The van der Waals surface area contributed by atoms with Gasteiger partial charge in [0.15, 0.2) is 0 Å². The van der Waals surface area contributed by atoms with E-state index in [0.29, 0.717) is 0 Å². The number of aromatic nitrogens is 2. The molecule has 6 heteroatoms. The summed E-state index contributed by atoms with van der Waals surface area (Å²) >= 11 is 1.71. The molecule has 0 aliphatic rings. The zero-order valence-corrected chi connectivity index (χ0v) is 13.4. The summed E-state index contributed by atoms with van der Waals surface area (Å²) in [5.41, 5.74) is 0.895. The lowest BCUT2D eigenvalue weighted by Gasteiger charge is -2.07. The first kappa shape index (κ1) is 15.5. The number of phenols is 1. The van der Waals surface area contributed by atoms with Crippen LogP contribution in [-0.2, 0) is 6.42 Å². The number of hydrogen-bond acceptors (Lipinski definition) is 5. The highest BCUT2D eigenvalue weighted by Gasteiger charge is 2.10. The van der Waals surface area contributed by atoms with Crippen LogP contribution in [0, 0.1) is 6.92 Å². The molecule has 4 nitrogen and oxygen atoms in total. The molecular weight excluding hydrogens is 306 g/mol. The van der Waals surface area contributed by atoms with Gasteiger partial charge in [-0.1, -0.05) is 6.92 Å². The Morgan fingerprint density at radius 1 is 1.19 bits per heavy atom. The third kappa shape index (κ3) is 3.25. The van der Waals surface area contributed by atoms with Crippen molar-refractivity contribution in [3.05, 3.63) is 41.0 Å². The van der Waals surface area contributed by atoms with E-state index in [9.17, 15) is 5.11 Å². The van der Waals surface area contributed by atoms with Crippen LogP contribution in [0.15, 0.2) is 30.3 Å². The number of anilines is 2. The van der Waals surface area contributed by atoms with Crippen LogP contribution >= 0.6 is 23.7 Å². The first-order chi connectivity index (χ1) is 9.65. The highest BCUT2D eigenvalue weighted by molar-refractivity contribution is 7.18. The topological polar surface area (TPSA) is 58.0 Å². The van der Waals surface area contributed by atoms with Gasteiger partial charge in [0.25, 0.3) is 0 Å². The lowest BCUT2D eigenvalue weighted by molar-refractivity contribution is 0.475.